The zero-order valence-corrected chi connectivity index (χ0v) is 14.6. The van der Waals surface area contributed by atoms with E-state index in [1.165, 1.54) is 0 Å². The lowest BCUT2D eigenvalue weighted by atomic mass is 9.75. The van der Waals surface area contributed by atoms with Crippen LogP contribution in [0.3, 0.4) is 0 Å². The van der Waals surface area contributed by atoms with E-state index in [-0.39, 0.29) is 17.6 Å². The first-order chi connectivity index (χ1) is 12.6. The number of carbonyl (C=O) groups excluding carboxylic acids is 1. The minimum absolute atomic E-state index is 0.0160. The van der Waals surface area contributed by atoms with Crippen molar-refractivity contribution < 1.29 is 9.90 Å². The average molecular weight is 356 g/mol. The monoisotopic (exact) mass is 356 g/mol. The molecule has 0 radical (unpaired) electrons. The topological polar surface area (TPSA) is 109 Å². The summed E-state index contributed by atoms with van der Waals surface area (Å²) in [4.78, 5) is 15.1. The smallest absolute Gasteiger partial charge is 0.229 e. The second-order valence-corrected chi connectivity index (χ2v) is 7.22. The number of phenols is 1. The fourth-order valence-electron chi connectivity index (χ4n) is 4.18. The SMILES string of the molecule is NCc1cn(C[C@H]2C[C@H]3CCN2C[C@H]3C(=O)Nc2cccc(O)c2)nn1. The Morgan fingerprint density at radius 2 is 2.31 bits per heavy atom. The molecule has 1 aromatic heterocycles. The summed E-state index contributed by atoms with van der Waals surface area (Å²) in [5.74, 6) is 0.550. The third-order valence-corrected chi connectivity index (χ3v) is 5.52. The lowest BCUT2D eigenvalue weighted by Gasteiger charge is -2.49. The number of carbonyl (C=O) groups is 1. The van der Waals surface area contributed by atoms with E-state index in [0.717, 1.165) is 38.2 Å². The number of rotatable bonds is 5. The Kier molecular flexibility index (Phi) is 4.60. The second kappa shape index (κ2) is 7.05. The first-order valence-corrected chi connectivity index (χ1v) is 9.05. The van der Waals surface area contributed by atoms with Crippen LogP contribution in [0.1, 0.15) is 18.5 Å². The van der Waals surface area contributed by atoms with Gasteiger partial charge in [-0.15, -0.1) is 5.10 Å². The minimum Gasteiger partial charge on any atom is -0.508 e. The maximum Gasteiger partial charge on any atom is 0.229 e. The molecule has 8 nitrogen and oxygen atoms in total. The van der Waals surface area contributed by atoms with Crippen LogP contribution in [-0.2, 0) is 17.9 Å². The van der Waals surface area contributed by atoms with Crippen LogP contribution in [0.15, 0.2) is 30.5 Å². The Morgan fingerprint density at radius 1 is 1.42 bits per heavy atom. The number of aromatic hydroxyl groups is 1. The molecule has 4 heterocycles. The van der Waals surface area contributed by atoms with Crippen molar-refractivity contribution in [2.45, 2.75) is 32.0 Å². The van der Waals surface area contributed by atoms with Crippen LogP contribution in [0.4, 0.5) is 5.69 Å². The van der Waals surface area contributed by atoms with Crippen molar-refractivity contribution in [3.63, 3.8) is 0 Å². The molecule has 3 fully saturated rings. The number of fused-ring (bicyclic) bond motifs is 3. The summed E-state index contributed by atoms with van der Waals surface area (Å²) >= 11 is 0. The van der Waals surface area contributed by atoms with Crippen LogP contribution in [-0.4, -0.2) is 50.0 Å². The van der Waals surface area contributed by atoms with Crippen molar-refractivity contribution >= 4 is 11.6 Å². The number of hydrogen-bond acceptors (Lipinski definition) is 6. The Balaban J connectivity index is 1.39. The zero-order valence-electron chi connectivity index (χ0n) is 14.6. The lowest BCUT2D eigenvalue weighted by Crippen LogP contribution is -2.57. The molecule has 5 rings (SSSR count). The highest BCUT2D eigenvalue weighted by Gasteiger charge is 2.43. The third-order valence-electron chi connectivity index (χ3n) is 5.52. The molecule has 0 saturated carbocycles. The predicted molar refractivity (Wildman–Crippen MR) is 96.2 cm³/mol. The molecule has 3 saturated heterocycles. The van der Waals surface area contributed by atoms with Gasteiger partial charge in [0.15, 0.2) is 0 Å². The maximum atomic E-state index is 12.7. The lowest BCUT2D eigenvalue weighted by molar-refractivity contribution is -0.127. The Morgan fingerprint density at radius 3 is 3.00 bits per heavy atom. The summed E-state index contributed by atoms with van der Waals surface area (Å²) < 4.78 is 1.86. The van der Waals surface area contributed by atoms with Crippen LogP contribution >= 0.6 is 0 Å². The molecular weight excluding hydrogens is 332 g/mol. The summed E-state index contributed by atoms with van der Waals surface area (Å²) in [6, 6.07) is 7.06. The van der Waals surface area contributed by atoms with Crippen molar-refractivity contribution in [2.24, 2.45) is 17.6 Å². The third kappa shape index (κ3) is 3.42. The van der Waals surface area contributed by atoms with E-state index >= 15 is 0 Å². The molecule has 1 aromatic carbocycles. The largest absolute Gasteiger partial charge is 0.508 e. The Labute approximate surface area is 152 Å². The molecule has 3 aliphatic heterocycles. The van der Waals surface area contributed by atoms with Crippen molar-refractivity contribution in [3.8, 4) is 5.75 Å². The molecule has 3 aliphatic rings. The van der Waals surface area contributed by atoms with Gasteiger partial charge in [-0.2, -0.15) is 0 Å². The number of phenolic OH excluding ortho intramolecular Hbond substituents is 1. The number of amides is 1. The summed E-state index contributed by atoms with van der Waals surface area (Å²) in [6.07, 6.45) is 3.92. The molecular formula is C18H24N6O2. The molecule has 1 amide bonds. The van der Waals surface area contributed by atoms with Gasteiger partial charge in [0.1, 0.15) is 5.75 Å². The van der Waals surface area contributed by atoms with Crippen LogP contribution in [0, 0.1) is 11.8 Å². The number of anilines is 1. The van der Waals surface area contributed by atoms with Gasteiger partial charge in [0, 0.05) is 37.1 Å². The predicted octanol–water partition coefficient (Wildman–Crippen LogP) is 0.791. The first kappa shape index (κ1) is 17.0. The summed E-state index contributed by atoms with van der Waals surface area (Å²) in [5, 5.41) is 20.7. The van der Waals surface area contributed by atoms with Crippen molar-refractivity contribution in [3.05, 3.63) is 36.2 Å². The van der Waals surface area contributed by atoms with Gasteiger partial charge < -0.3 is 16.2 Å². The van der Waals surface area contributed by atoms with Gasteiger partial charge in [-0.25, -0.2) is 0 Å². The maximum absolute atomic E-state index is 12.7. The van der Waals surface area contributed by atoms with Gasteiger partial charge in [0.05, 0.1) is 18.2 Å². The van der Waals surface area contributed by atoms with Crippen molar-refractivity contribution in [1.82, 2.24) is 19.9 Å². The van der Waals surface area contributed by atoms with Gasteiger partial charge in [-0.1, -0.05) is 11.3 Å². The molecule has 138 valence electrons. The number of aromatic nitrogens is 3. The Hall–Kier alpha value is -2.45. The standard InChI is InChI=1S/C18H24N6O2/c19-8-14-9-24(22-21-14)10-15-6-12-4-5-23(15)11-17(12)18(26)20-13-2-1-3-16(25)7-13/h1-3,7,9,12,15,17,25H,4-6,8,10-11,19H2,(H,20,26)/t12-,15-,17-/m1/s1. The molecule has 4 N–H and O–H groups in total. The number of hydrogen-bond donors (Lipinski definition) is 3. The van der Waals surface area contributed by atoms with Crippen LogP contribution in [0.5, 0.6) is 5.75 Å². The van der Waals surface area contributed by atoms with E-state index in [1.54, 1.807) is 24.3 Å². The molecule has 1 unspecified atom stereocenters. The van der Waals surface area contributed by atoms with Crippen molar-refractivity contribution in [2.75, 3.05) is 18.4 Å². The average Bonchev–Trinajstić information content (AvgIpc) is 3.10. The normalized spacial score (nSPS) is 27.4. The number of nitrogens with zero attached hydrogens (tertiary/aromatic N) is 4. The minimum atomic E-state index is -0.0160. The first-order valence-electron chi connectivity index (χ1n) is 9.05. The van der Waals surface area contributed by atoms with Crippen LogP contribution < -0.4 is 11.1 Å². The van der Waals surface area contributed by atoms with Gasteiger partial charge in [0.25, 0.3) is 0 Å². The molecule has 26 heavy (non-hydrogen) atoms. The molecule has 2 aromatic rings. The van der Waals surface area contributed by atoms with Crippen LogP contribution in [0.25, 0.3) is 0 Å². The summed E-state index contributed by atoms with van der Waals surface area (Å²) in [5.41, 5.74) is 7.03. The number of nitrogens with two attached hydrogens (primary N) is 1. The van der Waals surface area contributed by atoms with E-state index in [4.69, 9.17) is 5.73 Å². The van der Waals surface area contributed by atoms with E-state index < -0.39 is 0 Å². The molecule has 0 spiro atoms. The highest BCUT2D eigenvalue weighted by atomic mass is 16.3. The highest BCUT2D eigenvalue weighted by molar-refractivity contribution is 5.93. The number of benzene rings is 1. The number of piperidine rings is 3. The zero-order chi connectivity index (χ0) is 18.1. The van der Waals surface area contributed by atoms with E-state index in [1.807, 2.05) is 10.9 Å². The van der Waals surface area contributed by atoms with E-state index in [9.17, 15) is 9.90 Å². The molecule has 0 aliphatic carbocycles. The van der Waals surface area contributed by atoms with Crippen molar-refractivity contribution in [1.29, 1.82) is 0 Å². The van der Waals surface area contributed by atoms with E-state index in [0.29, 0.717) is 24.2 Å². The second-order valence-electron chi connectivity index (χ2n) is 7.22. The van der Waals surface area contributed by atoms with E-state index in [2.05, 4.69) is 20.5 Å². The van der Waals surface area contributed by atoms with Crippen LogP contribution in [0.2, 0.25) is 0 Å². The van der Waals surface area contributed by atoms with Gasteiger partial charge >= 0.3 is 0 Å². The molecule has 2 bridgehead atoms. The quantitative estimate of drug-likeness (QED) is 0.731. The highest BCUT2D eigenvalue weighted by Crippen LogP contribution is 2.37. The number of nitrogens with one attached hydrogen (secondary N) is 1. The summed E-state index contributed by atoms with van der Waals surface area (Å²) in [6.45, 7) is 2.96. The molecule has 8 heteroatoms. The van der Waals surface area contributed by atoms with Gasteiger partial charge in [-0.05, 0) is 37.4 Å². The summed E-state index contributed by atoms with van der Waals surface area (Å²) in [7, 11) is 0. The van der Waals surface area contributed by atoms with Gasteiger partial charge in [0.2, 0.25) is 5.91 Å². The molecule has 4 atom stereocenters. The fourth-order valence-corrected chi connectivity index (χ4v) is 4.18. The van der Waals surface area contributed by atoms with Gasteiger partial charge in [-0.3, -0.25) is 14.4 Å². The Bertz CT molecular complexity index is 791. The fraction of sp³-hybridized carbons (Fsp3) is 0.500.